The van der Waals surface area contributed by atoms with Crippen LogP contribution in [0.2, 0.25) is 0 Å². The van der Waals surface area contributed by atoms with Gasteiger partial charge in [-0.05, 0) is 43.3 Å². The van der Waals surface area contributed by atoms with Crippen LogP contribution in [0.1, 0.15) is 6.92 Å². The highest BCUT2D eigenvalue weighted by Gasteiger charge is 2.23. The zero-order valence-corrected chi connectivity index (χ0v) is 12.3. The maximum absolute atomic E-state index is 12.6. The SMILES string of the molecule is CCN(c1ccccc1)S(=O)(=O)c1ccc(OC)cc1. The monoisotopic (exact) mass is 291 g/mol. The van der Waals surface area contributed by atoms with Crippen molar-refractivity contribution in [3.05, 3.63) is 54.6 Å². The van der Waals surface area contributed by atoms with Gasteiger partial charge in [-0.25, -0.2) is 8.42 Å². The van der Waals surface area contributed by atoms with Gasteiger partial charge in [-0.1, -0.05) is 18.2 Å². The van der Waals surface area contributed by atoms with E-state index in [1.54, 1.807) is 43.5 Å². The molecule has 0 heterocycles. The molecule has 2 aromatic carbocycles. The molecule has 0 aliphatic carbocycles. The van der Waals surface area contributed by atoms with Crippen molar-refractivity contribution in [2.45, 2.75) is 11.8 Å². The van der Waals surface area contributed by atoms with Gasteiger partial charge in [0, 0.05) is 6.54 Å². The number of sulfonamides is 1. The second-order valence-electron chi connectivity index (χ2n) is 4.18. The normalized spacial score (nSPS) is 11.1. The highest BCUT2D eigenvalue weighted by Crippen LogP contribution is 2.24. The van der Waals surface area contributed by atoms with E-state index in [-0.39, 0.29) is 4.90 Å². The molecule has 2 aromatic rings. The summed E-state index contributed by atoms with van der Waals surface area (Å²) in [5, 5.41) is 0. The van der Waals surface area contributed by atoms with Gasteiger partial charge >= 0.3 is 0 Å². The lowest BCUT2D eigenvalue weighted by Gasteiger charge is -2.22. The van der Waals surface area contributed by atoms with E-state index in [2.05, 4.69) is 0 Å². The van der Waals surface area contributed by atoms with Gasteiger partial charge in [-0.15, -0.1) is 0 Å². The van der Waals surface area contributed by atoms with E-state index >= 15 is 0 Å². The summed E-state index contributed by atoms with van der Waals surface area (Å²) in [5.41, 5.74) is 0.658. The molecule has 0 aliphatic rings. The fraction of sp³-hybridized carbons (Fsp3) is 0.200. The minimum atomic E-state index is -3.55. The van der Waals surface area contributed by atoms with E-state index in [0.29, 0.717) is 18.0 Å². The van der Waals surface area contributed by atoms with Gasteiger partial charge in [0.2, 0.25) is 0 Å². The minimum absolute atomic E-state index is 0.254. The van der Waals surface area contributed by atoms with Crippen LogP contribution >= 0.6 is 0 Å². The maximum atomic E-state index is 12.6. The Morgan fingerprint density at radius 2 is 1.60 bits per heavy atom. The summed E-state index contributed by atoms with van der Waals surface area (Å²) >= 11 is 0. The Morgan fingerprint density at radius 3 is 2.10 bits per heavy atom. The summed E-state index contributed by atoms with van der Waals surface area (Å²) in [5.74, 6) is 0.631. The molecule has 0 aromatic heterocycles. The van der Waals surface area contributed by atoms with Crippen molar-refractivity contribution in [1.82, 2.24) is 0 Å². The maximum Gasteiger partial charge on any atom is 0.264 e. The number of methoxy groups -OCH3 is 1. The van der Waals surface area contributed by atoms with Crippen LogP contribution in [0.25, 0.3) is 0 Å². The van der Waals surface area contributed by atoms with E-state index in [1.807, 2.05) is 25.1 Å². The van der Waals surface area contributed by atoms with Crippen LogP contribution in [0, 0.1) is 0 Å². The number of anilines is 1. The van der Waals surface area contributed by atoms with Crippen LogP contribution in [0.3, 0.4) is 0 Å². The van der Waals surface area contributed by atoms with E-state index in [1.165, 1.54) is 4.31 Å². The Balaban J connectivity index is 2.41. The number of benzene rings is 2. The molecule has 106 valence electrons. The number of rotatable bonds is 5. The molecule has 0 amide bonds. The average Bonchev–Trinajstić information content (AvgIpc) is 2.49. The van der Waals surface area contributed by atoms with E-state index in [0.717, 1.165) is 0 Å². The second kappa shape index (κ2) is 5.96. The van der Waals surface area contributed by atoms with Gasteiger partial charge in [-0.2, -0.15) is 0 Å². The quantitative estimate of drug-likeness (QED) is 0.851. The van der Waals surface area contributed by atoms with Crippen molar-refractivity contribution in [3.8, 4) is 5.75 Å². The fourth-order valence-electron chi connectivity index (χ4n) is 1.96. The first-order valence-electron chi connectivity index (χ1n) is 6.31. The molecule has 4 nitrogen and oxygen atoms in total. The molecular weight excluding hydrogens is 274 g/mol. The first-order valence-corrected chi connectivity index (χ1v) is 7.75. The molecule has 0 radical (unpaired) electrons. The molecule has 5 heteroatoms. The highest BCUT2D eigenvalue weighted by atomic mass is 32.2. The van der Waals surface area contributed by atoms with Crippen molar-refractivity contribution in [2.24, 2.45) is 0 Å². The molecule has 0 saturated heterocycles. The van der Waals surface area contributed by atoms with Gasteiger partial charge in [0.15, 0.2) is 0 Å². The van der Waals surface area contributed by atoms with Crippen molar-refractivity contribution < 1.29 is 13.2 Å². The molecule has 0 unspecified atom stereocenters. The molecule has 0 bridgehead atoms. The zero-order chi connectivity index (χ0) is 14.6. The standard InChI is InChI=1S/C15H17NO3S/c1-3-16(13-7-5-4-6-8-13)20(17,18)15-11-9-14(19-2)10-12-15/h4-12H,3H2,1-2H3. The summed E-state index contributed by atoms with van der Waals surface area (Å²) < 4.78 is 31.7. The van der Waals surface area contributed by atoms with Crippen molar-refractivity contribution in [3.63, 3.8) is 0 Å². The molecule has 20 heavy (non-hydrogen) atoms. The number of hydrogen-bond acceptors (Lipinski definition) is 3. The first kappa shape index (κ1) is 14.4. The van der Waals surface area contributed by atoms with E-state index in [9.17, 15) is 8.42 Å². The van der Waals surface area contributed by atoms with Crippen LogP contribution < -0.4 is 9.04 Å². The number of nitrogens with zero attached hydrogens (tertiary/aromatic N) is 1. The number of para-hydroxylation sites is 1. The van der Waals surface area contributed by atoms with Crippen molar-refractivity contribution in [2.75, 3.05) is 18.0 Å². The smallest absolute Gasteiger partial charge is 0.264 e. The lowest BCUT2D eigenvalue weighted by atomic mass is 10.3. The summed E-state index contributed by atoms with van der Waals surface area (Å²) in [6.45, 7) is 2.19. The summed E-state index contributed by atoms with van der Waals surface area (Å²) in [7, 11) is -2.00. The Morgan fingerprint density at radius 1 is 1.00 bits per heavy atom. The lowest BCUT2D eigenvalue weighted by molar-refractivity contribution is 0.414. The molecule has 0 spiro atoms. The second-order valence-corrected chi connectivity index (χ2v) is 6.04. The van der Waals surface area contributed by atoms with Gasteiger partial charge < -0.3 is 4.74 Å². The van der Waals surface area contributed by atoms with E-state index in [4.69, 9.17) is 4.74 Å². The van der Waals surface area contributed by atoms with Crippen LogP contribution in [0.4, 0.5) is 5.69 Å². The van der Waals surface area contributed by atoms with E-state index < -0.39 is 10.0 Å². The molecular formula is C15H17NO3S. The Labute approximate surface area is 119 Å². The molecule has 0 saturated carbocycles. The summed E-state index contributed by atoms with van der Waals surface area (Å²) in [4.78, 5) is 0.254. The Hall–Kier alpha value is -2.01. The minimum Gasteiger partial charge on any atom is -0.497 e. The van der Waals surface area contributed by atoms with Crippen molar-refractivity contribution in [1.29, 1.82) is 0 Å². The van der Waals surface area contributed by atoms with Crippen LogP contribution in [0.5, 0.6) is 5.75 Å². The van der Waals surface area contributed by atoms with Gasteiger partial charge in [0.1, 0.15) is 5.75 Å². The number of ether oxygens (including phenoxy) is 1. The van der Waals surface area contributed by atoms with Gasteiger partial charge in [0.25, 0.3) is 10.0 Å². The summed E-state index contributed by atoms with van der Waals surface area (Å²) in [6.07, 6.45) is 0. The fourth-order valence-corrected chi connectivity index (χ4v) is 3.43. The predicted molar refractivity (Wildman–Crippen MR) is 79.6 cm³/mol. The third kappa shape index (κ3) is 2.77. The molecule has 0 atom stereocenters. The third-order valence-corrected chi connectivity index (χ3v) is 4.90. The largest absolute Gasteiger partial charge is 0.497 e. The number of hydrogen-bond donors (Lipinski definition) is 0. The molecule has 0 aliphatic heterocycles. The highest BCUT2D eigenvalue weighted by molar-refractivity contribution is 7.92. The third-order valence-electron chi connectivity index (χ3n) is 2.98. The van der Waals surface area contributed by atoms with Crippen LogP contribution in [-0.4, -0.2) is 22.1 Å². The molecule has 0 N–H and O–H groups in total. The Bertz CT molecular complexity index is 651. The Kier molecular flexibility index (Phi) is 4.29. The van der Waals surface area contributed by atoms with Gasteiger partial charge in [0.05, 0.1) is 17.7 Å². The lowest BCUT2D eigenvalue weighted by Crippen LogP contribution is -2.30. The first-order chi connectivity index (χ1) is 9.59. The molecule has 0 fully saturated rings. The topological polar surface area (TPSA) is 46.6 Å². The molecule has 2 rings (SSSR count). The summed E-state index contributed by atoms with van der Waals surface area (Å²) in [6, 6.07) is 15.5. The zero-order valence-electron chi connectivity index (χ0n) is 11.5. The van der Waals surface area contributed by atoms with Crippen LogP contribution in [0.15, 0.2) is 59.5 Å². The van der Waals surface area contributed by atoms with Crippen molar-refractivity contribution >= 4 is 15.7 Å². The van der Waals surface area contributed by atoms with Crippen LogP contribution in [-0.2, 0) is 10.0 Å². The predicted octanol–water partition coefficient (Wildman–Crippen LogP) is 2.91. The average molecular weight is 291 g/mol. The van der Waals surface area contributed by atoms with Gasteiger partial charge in [-0.3, -0.25) is 4.31 Å².